The number of para-hydroxylation sites is 1. The minimum absolute atomic E-state index is 0. The second-order valence-corrected chi connectivity index (χ2v) is 6.60. The van der Waals surface area contributed by atoms with Gasteiger partial charge in [-0.05, 0) is 37.8 Å². The highest BCUT2D eigenvalue weighted by atomic mass is 127. The zero-order chi connectivity index (χ0) is 18.5. The van der Waals surface area contributed by atoms with Gasteiger partial charge in [-0.25, -0.2) is 0 Å². The molecule has 1 aromatic carbocycles. The number of guanidine groups is 1. The fourth-order valence-corrected chi connectivity index (χ4v) is 2.89. The SMILES string of the molecule is CN=C(NCCCCN(C)c1ccccc1)NCCCOC1CCOC1.I. The van der Waals surface area contributed by atoms with E-state index < -0.39 is 0 Å². The highest BCUT2D eigenvalue weighted by Gasteiger charge is 2.15. The first-order valence-electron chi connectivity index (χ1n) is 9.69. The number of hydrogen-bond donors (Lipinski definition) is 2. The topological polar surface area (TPSA) is 58.1 Å². The van der Waals surface area contributed by atoms with Gasteiger partial charge in [-0.1, -0.05) is 18.2 Å². The van der Waals surface area contributed by atoms with Crippen LogP contribution in [0.3, 0.4) is 0 Å². The molecule has 1 aliphatic heterocycles. The normalized spacial score (nSPS) is 16.7. The molecule has 1 unspecified atom stereocenters. The fraction of sp³-hybridized carbons (Fsp3) is 0.650. The van der Waals surface area contributed by atoms with Crippen molar-refractivity contribution < 1.29 is 9.47 Å². The largest absolute Gasteiger partial charge is 0.379 e. The molecule has 2 N–H and O–H groups in total. The lowest BCUT2D eigenvalue weighted by molar-refractivity contribution is 0.0420. The van der Waals surface area contributed by atoms with Crippen molar-refractivity contribution in [2.75, 3.05) is 58.5 Å². The average molecular weight is 490 g/mol. The summed E-state index contributed by atoms with van der Waals surface area (Å²) in [7, 11) is 3.95. The molecule has 1 aromatic rings. The van der Waals surface area contributed by atoms with E-state index in [1.54, 1.807) is 0 Å². The van der Waals surface area contributed by atoms with E-state index in [1.807, 2.05) is 7.05 Å². The van der Waals surface area contributed by atoms with Crippen LogP contribution in [0.4, 0.5) is 5.69 Å². The third-order valence-electron chi connectivity index (χ3n) is 4.49. The molecular weight excluding hydrogens is 455 g/mol. The number of ether oxygens (including phenoxy) is 2. The summed E-state index contributed by atoms with van der Waals surface area (Å²) in [4.78, 5) is 6.56. The van der Waals surface area contributed by atoms with Crippen molar-refractivity contribution >= 4 is 35.6 Å². The van der Waals surface area contributed by atoms with Crippen LogP contribution in [0.5, 0.6) is 0 Å². The van der Waals surface area contributed by atoms with E-state index in [1.165, 1.54) is 5.69 Å². The summed E-state index contributed by atoms with van der Waals surface area (Å²) in [5.74, 6) is 0.866. The molecule has 7 heteroatoms. The number of benzene rings is 1. The summed E-state index contributed by atoms with van der Waals surface area (Å²) >= 11 is 0. The molecule has 1 fully saturated rings. The quantitative estimate of drug-likeness (QED) is 0.216. The van der Waals surface area contributed by atoms with Crippen LogP contribution in [0, 0.1) is 0 Å². The van der Waals surface area contributed by atoms with Gasteiger partial charge in [-0.3, -0.25) is 4.99 Å². The van der Waals surface area contributed by atoms with E-state index in [9.17, 15) is 0 Å². The number of nitrogens with zero attached hydrogens (tertiary/aromatic N) is 2. The molecule has 0 radical (unpaired) electrons. The molecule has 0 aliphatic carbocycles. The second kappa shape index (κ2) is 14.9. The lowest BCUT2D eigenvalue weighted by atomic mass is 10.2. The standard InChI is InChI=1S/C20H34N4O2.HI/c1-21-20(23-13-8-15-26-19-11-16-25-17-19)22-12-6-7-14-24(2)18-9-4-3-5-10-18;/h3-5,9-10,19H,6-8,11-17H2,1-2H3,(H2,21,22,23);1H. The Labute approximate surface area is 181 Å². The molecule has 0 aromatic heterocycles. The summed E-state index contributed by atoms with van der Waals surface area (Å²) in [6.07, 6.45) is 4.55. The van der Waals surface area contributed by atoms with Crippen LogP contribution in [0.1, 0.15) is 25.7 Å². The lowest BCUT2D eigenvalue weighted by Crippen LogP contribution is -2.38. The van der Waals surface area contributed by atoms with Crippen LogP contribution in [0.2, 0.25) is 0 Å². The zero-order valence-corrected chi connectivity index (χ0v) is 19.0. The molecular formula is C20H35IN4O2. The van der Waals surface area contributed by atoms with Gasteiger partial charge < -0.3 is 25.0 Å². The first-order valence-corrected chi connectivity index (χ1v) is 9.69. The predicted octanol–water partition coefficient (Wildman–Crippen LogP) is 2.88. The fourth-order valence-electron chi connectivity index (χ4n) is 2.89. The van der Waals surface area contributed by atoms with Gasteiger partial charge in [-0.15, -0.1) is 24.0 Å². The van der Waals surface area contributed by atoms with Crippen molar-refractivity contribution in [1.29, 1.82) is 0 Å². The Morgan fingerprint density at radius 1 is 1.19 bits per heavy atom. The summed E-state index contributed by atoms with van der Waals surface area (Å²) in [5, 5.41) is 6.71. The first-order chi connectivity index (χ1) is 12.8. The summed E-state index contributed by atoms with van der Waals surface area (Å²) in [6, 6.07) is 10.5. The van der Waals surface area contributed by atoms with E-state index in [0.717, 1.165) is 71.1 Å². The maximum atomic E-state index is 5.76. The Hall–Kier alpha value is -1.06. The number of anilines is 1. The molecule has 154 valence electrons. The number of halogens is 1. The highest BCUT2D eigenvalue weighted by Crippen LogP contribution is 2.11. The van der Waals surface area contributed by atoms with Gasteiger partial charge in [0.2, 0.25) is 0 Å². The van der Waals surface area contributed by atoms with Gasteiger partial charge in [0.25, 0.3) is 0 Å². The summed E-state index contributed by atoms with van der Waals surface area (Å²) in [5.41, 5.74) is 1.27. The van der Waals surface area contributed by atoms with Crippen LogP contribution < -0.4 is 15.5 Å². The Balaban J connectivity index is 0.00000364. The number of nitrogens with one attached hydrogen (secondary N) is 2. The lowest BCUT2D eigenvalue weighted by Gasteiger charge is -2.19. The second-order valence-electron chi connectivity index (χ2n) is 6.60. The molecule has 1 saturated heterocycles. The van der Waals surface area contributed by atoms with Gasteiger partial charge >= 0.3 is 0 Å². The third-order valence-corrected chi connectivity index (χ3v) is 4.49. The maximum Gasteiger partial charge on any atom is 0.190 e. The van der Waals surface area contributed by atoms with Gasteiger partial charge in [0, 0.05) is 52.6 Å². The van der Waals surface area contributed by atoms with Crippen LogP contribution in [-0.4, -0.2) is 65.6 Å². The Bertz CT molecular complexity index is 510. The predicted molar refractivity (Wildman–Crippen MR) is 124 cm³/mol. The van der Waals surface area contributed by atoms with Crippen molar-refractivity contribution in [2.24, 2.45) is 4.99 Å². The van der Waals surface area contributed by atoms with Gasteiger partial charge in [0.15, 0.2) is 5.96 Å². The number of unbranched alkanes of at least 4 members (excludes halogenated alkanes) is 1. The van der Waals surface area contributed by atoms with Crippen LogP contribution >= 0.6 is 24.0 Å². The number of aliphatic imine (C=N–C) groups is 1. The Kier molecular flexibility index (Phi) is 13.3. The monoisotopic (exact) mass is 490 g/mol. The summed E-state index contributed by atoms with van der Waals surface area (Å²) in [6.45, 7) is 5.20. The molecule has 1 heterocycles. The van der Waals surface area contributed by atoms with Crippen LogP contribution in [-0.2, 0) is 9.47 Å². The van der Waals surface area contributed by atoms with Crippen molar-refractivity contribution in [2.45, 2.75) is 31.8 Å². The average Bonchev–Trinajstić information content (AvgIpc) is 3.20. The van der Waals surface area contributed by atoms with Crippen molar-refractivity contribution in [3.63, 3.8) is 0 Å². The van der Waals surface area contributed by atoms with E-state index >= 15 is 0 Å². The van der Waals surface area contributed by atoms with E-state index in [-0.39, 0.29) is 24.0 Å². The van der Waals surface area contributed by atoms with E-state index in [0.29, 0.717) is 6.10 Å². The minimum Gasteiger partial charge on any atom is -0.379 e. The van der Waals surface area contributed by atoms with Crippen LogP contribution in [0.25, 0.3) is 0 Å². The molecule has 0 bridgehead atoms. The molecule has 0 saturated carbocycles. The third kappa shape index (κ3) is 10.2. The van der Waals surface area contributed by atoms with Gasteiger partial charge in [0.1, 0.15) is 0 Å². The molecule has 1 atom stereocenters. The highest BCUT2D eigenvalue weighted by molar-refractivity contribution is 14.0. The maximum absolute atomic E-state index is 5.76. The zero-order valence-electron chi connectivity index (χ0n) is 16.7. The minimum atomic E-state index is 0. The number of rotatable bonds is 11. The van der Waals surface area contributed by atoms with Crippen molar-refractivity contribution in [3.8, 4) is 0 Å². The summed E-state index contributed by atoms with van der Waals surface area (Å²) < 4.78 is 11.1. The molecule has 6 nitrogen and oxygen atoms in total. The Morgan fingerprint density at radius 3 is 2.59 bits per heavy atom. The van der Waals surface area contributed by atoms with Crippen molar-refractivity contribution in [3.05, 3.63) is 30.3 Å². The molecule has 0 spiro atoms. The molecule has 0 amide bonds. The van der Waals surface area contributed by atoms with Gasteiger partial charge in [0.05, 0.1) is 12.7 Å². The van der Waals surface area contributed by atoms with Gasteiger partial charge in [-0.2, -0.15) is 0 Å². The first kappa shape index (κ1) is 24.0. The van der Waals surface area contributed by atoms with Crippen LogP contribution in [0.15, 0.2) is 35.3 Å². The Morgan fingerprint density at radius 2 is 1.93 bits per heavy atom. The molecule has 1 aliphatic rings. The molecule has 2 rings (SSSR count). The van der Waals surface area contributed by atoms with Crippen molar-refractivity contribution in [1.82, 2.24) is 10.6 Å². The van der Waals surface area contributed by atoms with E-state index in [2.05, 4.69) is 57.9 Å². The smallest absolute Gasteiger partial charge is 0.190 e. The van der Waals surface area contributed by atoms with E-state index in [4.69, 9.17) is 9.47 Å². The number of hydrogen-bond acceptors (Lipinski definition) is 4. The molecule has 27 heavy (non-hydrogen) atoms.